The Kier molecular flexibility index (Phi) is 3.96. The number of nitrogens with two attached hydrogens (primary N) is 1. The standard InChI is InChI=1S/C16H24N2O2/c1-18(14-4-2-3-13(9-14)11-17)15-5-7-20-16(10-15)6-8-19-12-16/h2-4,9,15H,5-8,10-12,17H2,1H3. The summed E-state index contributed by atoms with van der Waals surface area (Å²) in [5.41, 5.74) is 8.12. The van der Waals surface area contributed by atoms with Crippen LogP contribution in [0.5, 0.6) is 0 Å². The monoisotopic (exact) mass is 276 g/mol. The second-order valence-electron chi connectivity index (χ2n) is 5.97. The second-order valence-corrected chi connectivity index (χ2v) is 5.97. The topological polar surface area (TPSA) is 47.7 Å². The average Bonchev–Trinajstić information content (AvgIpc) is 2.94. The highest BCUT2D eigenvalue weighted by molar-refractivity contribution is 5.49. The molecule has 110 valence electrons. The fourth-order valence-electron chi connectivity index (χ4n) is 3.31. The molecule has 20 heavy (non-hydrogen) atoms. The van der Waals surface area contributed by atoms with Crippen molar-refractivity contribution in [3.8, 4) is 0 Å². The molecule has 0 bridgehead atoms. The second kappa shape index (κ2) is 5.72. The Balaban J connectivity index is 1.74. The molecule has 1 aromatic rings. The quantitative estimate of drug-likeness (QED) is 0.916. The zero-order valence-corrected chi connectivity index (χ0v) is 12.2. The first-order valence-electron chi connectivity index (χ1n) is 7.46. The van der Waals surface area contributed by atoms with Crippen LogP contribution in [-0.4, -0.2) is 38.5 Å². The number of benzene rings is 1. The molecule has 0 saturated carbocycles. The summed E-state index contributed by atoms with van der Waals surface area (Å²) in [6.45, 7) is 3.00. The van der Waals surface area contributed by atoms with Crippen LogP contribution in [-0.2, 0) is 16.0 Å². The van der Waals surface area contributed by atoms with Crippen LogP contribution in [0.4, 0.5) is 5.69 Å². The van der Waals surface area contributed by atoms with E-state index in [2.05, 4.69) is 36.2 Å². The Morgan fingerprint density at radius 1 is 1.40 bits per heavy atom. The predicted octanol–water partition coefficient (Wildman–Crippen LogP) is 1.92. The minimum atomic E-state index is -0.0390. The molecule has 0 aliphatic carbocycles. The first-order chi connectivity index (χ1) is 9.72. The van der Waals surface area contributed by atoms with E-state index >= 15 is 0 Å². The molecule has 4 heteroatoms. The Bertz CT molecular complexity index is 458. The largest absolute Gasteiger partial charge is 0.378 e. The van der Waals surface area contributed by atoms with Gasteiger partial charge in [0.25, 0.3) is 0 Å². The highest BCUT2D eigenvalue weighted by Crippen LogP contribution is 2.35. The fraction of sp³-hybridized carbons (Fsp3) is 0.625. The summed E-state index contributed by atoms with van der Waals surface area (Å²) in [5.74, 6) is 0. The van der Waals surface area contributed by atoms with Gasteiger partial charge in [0.15, 0.2) is 0 Å². The first kappa shape index (κ1) is 13.9. The van der Waals surface area contributed by atoms with Crippen molar-refractivity contribution in [3.63, 3.8) is 0 Å². The molecule has 1 aromatic carbocycles. The van der Waals surface area contributed by atoms with E-state index in [-0.39, 0.29) is 5.60 Å². The molecule has 2 unspecified atom stereocenters. The highest BCUT2D eigenvalue weighted by atomic mass is 16.6. The highest BCUT2D eigenvalue weighted by Gasteiger charge is 2.42. The van der Waals surface area contributed by atoms with Gasteiger partial charge in [0, 0.05) is 45.0 Å². The van der Waals surface area contributed by atoms with E-state index < -0.39 is 0 Å². The molecule has 2 N–H and O–H groups in total. The number of hydrogen-bond acceptors (Lipinski definition) is 4. The van der Waals surface area contributed by atoms with Crippen LogP contribution in [0.15, 0.2) is 24.3 Å². The van der Waals surface area contributed by atoms with Crippen LogP contribution < -0.4 is 10.6 Å². The van der Waals surface area contributed by atoms with Gasteiger partial charge >= 0.3 is 0 Å². The minimum Gasteiger partial charge on any atom is -0.378 e. The van der Waals surface area contributed by atoms with Crippen LogP contribution in [0.25, 0.3) is 0 Å². The van der Waals surface area contributed by atoms with E-state index in [1.807, 2.05) is 0 Å². The molecule has 2 heterocycles. The summed E-state index contributed by atoms with van der Waals surface area (Å²) in [6.07, 6.45) is 3.15. The Hall–Kier alpha value is -1.10. The van der Waals surface area contributed by atoms with Crippen LogP contribution in [0.3, 0.4) is 0 Å². The number of hydrogen-bond donors (Lipinski definition) is 1. The zero-order chi connectivity index (χ0) is 14.0. The summed E-state index contributed by atoms with van der Waals surface area (Å²) < 4.78 is 11.6. The summed E-state index contributed by atoms with van der Waals surface area (Å²) in [4.78, 5) is 2.38. The molecule has 0 aromatic heterocycles. The Morgan fingerprint density at radius 3 is 3.05 bits per heavy atom. The van der Waals surface area contributed by atoms with Gasteiger partial charge in [-0.05, 0) is 30.5 Å². The number of rotatable bonds is 3. The molecule has 2 atom stereocenters. The number of nitrogens with zero attached hydrogens (tertiary/aromatic N) is 1. The van der Waals surface area contributed by atoms with Gasteiger partial charge in [0.05, 0.1) is 12.2 Å². The van der Waals surface area contributed by atoms with Crippen molar-refractivity contribution in [1.29, 1.82) is 0 Å². The lowest BCUT2D eigenvalue weighted by Crippen LogP contribution is -2.48. The molecule has 2 aliphatic rings. The molecule has 2 saturated heterocycles. The third kappa shape index (κ3) is 2.68. The molecule has 1 spiro atoms. The Morgan fingerprint density at radius 2 is 2.30 bits per heavy atom. The van der Waals surface area contributed by atoms with E-state index in [9.17, 15) is 0 Å². The smallest absolute Gasteiger partial charge is 0.0956 e. The van der Waals surface area contributed by atoms with E-state index in [0.717, 1.165) is 39.1 Å². The maximum Gasteiger partial charge on any atom is 0.0956 e. The predicted molar refractivity (Wildman–Crippen MR) is 79.9 cm³/mol. The van der Waals surface area contributed by atoms with Gasteiger partial charge in [-0.1, -0.05) is 12.1 Å². The van der Waals surface area contributed by atoms with E-state index in [1.54, 1.807) is 0 Å². The fourth-order valence-corrected chi connectivity index (χ4v) is 3.31. The van der Waals surface area contributed by atoms with Crippen molar-refractivity contribution in [2.24, 2.45) is 5.73 Å². The van der Waals surface area contributed by atoms with Crippen molar-refractivity contribution in [2.75, 3.05) is 31.8 Å². The number of anilines is 1. The molecule has 2 fully saturated rings. The summed E-state index contributed by atoms with van der Waals surface area (Å²) in [5, 5.41) is 0. The molecule has 2 aliphatic heterocycles. The minimum absolute atomic E-state index is 0.0390. The van der Waals surface area contributed by atoms with Gasteiger partial charge in [-0.3, -0.25) is 0 Å². The first-order valence-corrected chi connectivity index (χ1v) is 7.46. The lowest BCUT2D eigenvalue weighted by atomic mass is 9.89. The van der Waals surface area contributed by atoms with Crippen molar-refractivity contribution in [2.45, 2.75) is 37.5 Å². The van der Waals surface area contributed by atoms with Gasteiger partial charge in [-0.25, -0.2) is 0 Å². The van der Waals surface area contributed by atoms with Gasteiger partial charge < -0.3 is 20.1 Å². The molecule has 4 nitrogen and oxygen atoms in total. The molecule has 0 amide bonds. The van der Waals surface area contributed by atoms with Gasteiger partial charge in [-0.2, -0.15) is 0 Å². The van der Waals surface area contributed by atoms with Crippen molar-refractivity contribution in [1.82, 2.24) is 0 Å². The van der Waals surface area contributed by atoms with Gasteiger partial charge in [0.1, 0.15) is 0 Å². The Labute approximate surface area is 120 Å². The molecule has 3 rings (SSSR count). The lowest BCUT2D eigenvalue weighted by molar-refractivity contribution is -0.0855. The normalized spacial score (nSPS) is 29.8. The SMILES string of the molecule is CN(c1cccc(CN)c1)C1CCOC2(CCOC2)C1. The van der Waals surface area contributed by atoms with Crippen molar-refractivity contribution >= 4 is 5.69 Å². The van der Waals surface area contributed by atoms with E-state index in [4.69, 9.17) is 15.2 Å². The van der Waals surface area contributed by atoms with E-state index in [0.29, 0.717) is 12.6 Å². The van der Waals surface area contributed by atoms with Gasteiger partial charge in [0.2, 0.25) is 0 Å². The summed E-state index contributed by atoms with van der Waals surface area (Å²) in [6, 6.07) is 9.02. The van der Waals surface area contributed by atoms with Crippen LogP contribution >= 0.6 is 0 Å². The lowest BCUT2D eigenvalue weighted by Gasteiger charge is -2.41. The summed E-state index contributed by atoms with van der Waals surface area (Å²) in [7, 11) is 2.18. The average molecular weight is 276 g/mol. The van der Waals surface area contributed by atoms with Crippen LogP contribution in [0.2, 0.25) is 0 Å². The molecular formula is C16H24N2O2. The third-order valence-corrected chi connectivity index (χ3v) is 4.64. The number of ether oxygens (including phenoxy) is 2. The molecule has 0 radical (unpaired) electrons. The summed E-state index contributed by atoms with van der Waals surface area (Å²) >= 11 is 0. The maximum absolute atomic E-state index is 6.02. The van der Waals surface area contributed by atoms with Crippen molar-refractivity contribution < 1.29 is 9.47 Å². The maximum atomic E-state index is 6.02. The third-order valence-electron chi connectivity index (χ3n) is 4.64. The van der Waals surface area contributed by atoms with Gasteiger partial charge in [-0.15, -0.1) is 0 Å². The molecular weight excluding hydrogens is 252 g/mol. The van der Waals surface area contributed by atoms with E-state index in [1.165, 1.54) is 11.3 Å². The van der Waals surface area contributed by atoms with Crippen LogP contribution in [0, 0.1) is 0 Å². The zero-order valence-electron chi connectivity index (χ0n) is 12.2. The van der Waals surface area contributed by atoms with Crippen molar-refractivity contribution in [3.05, 3.63) is 29.8 Å². The van der Waals surface area contributed by atoms with Crippen LogP contribution in [0.1, 0.15) is 24.8 Å².